The highest BCUT2D eigenvalue weighted by molar-refractivity contribution is 5.78. The molecule has 0 saturated carbocycles. The van der Waals surface area contributed by atoms with Crippen molar-refractivity contribution < 1.29 is 14.3 Å². The summed E-state index contributed by atoms with van der Waals surface area (Å²) in [4.78, 5) is 33.1. The van der Waals surface area contributed by atoms with Crippen molar-refractivity contribution in [2.75, 3.05) is 32.8 Å². The molecule has 1 N–H and O–H groups in total. The number of amides is 2. The molecule has 0 bridgehead atoms. The average molecular weight is 389 g/mol. The first-order valence-electron chi connectivity index (χ1n) is 10.5. The molecule has 7 heteroatoms. The fourth-order valence-corrected chi connectivity index (χ4v) is 4.07. The van der Waals surface area contributed by atoms with Crippen LogP contribution in [0.25, 0.3) is 0 Å². The quantitative estimate of drug-likeness (QED) is 0.810. The minimum atomic E-state index is -0.189. The Hall–Kier alpha value is -2.15. The summed E-state index contributed by atoms with van der Waals surface area (Å²) in [5.41, 5.74) is 0.880. The van der Waals surface area contributed by atoms with Crippen LogP contribution in [0.2, 0.25) is 0 Å². The van der Waals surface area contributed by atoms with E-state index in [0.717, 1.165) is 64.0 Å². The minimum absolute atomic E-state index is 0.0324. The molecule has 2 saturated heterocycles. The zero-order valence-corrected chi connectivity index (χ0v) is 16.8. The molecule has 2 amide bonds. The average Bonchev–Trinajstić information content (AvgIpc) is 2.76. The lowest BCUT2D eigenvalue weighted by Gasteiger charge is -2.41. The van der Waals surface area contributed by atoms with E-state index in [2.05, 4.69) is 15.2 Å². The molecule has 1 aromatic rings. The van der Waals surface area contributed by atoms with E-state index in [4.69, 9.17) is 4.74 Å². The van der Waals surface area contributed by atoms with E-state index < -0.39 is 0 Å². The summed E-state index contributed by atoms with van der Waals surface area (Å²) in [7, 11) is 0. The first-order valence-corrected chi connectivity index (χ1v) is 10.5. The predicted octanol–water partition coefficient (Wildman–Crippen LogP) is 2.42. The second kappa shape index (κ2) is 10.4. The second-order valence-corrected chi connectivity index (χ2v) is 7.71. The molecule has 0 spiro atoms. The Morgan fingerprint density at radius 1 is 1.21 bits per heavy atom. The summed E-state index contributed by atoms with van der Waals surface area (Å²) in [6, 6.07) is 6.18. The first-order chi connectivity index (χ1) is 13.7. The maximum atomic E-state index is 12.6. The molecule has 2 fully saturated rings. The number of nitrogens with one attached hydrogen (secondary N) is 1. The molecular weight excluding hydrogens is 356 g/mol. The van der Waals surface area contributed by atoms with Crippen LogP contribution in [0.15, 0.2) is 24.4 Å². The predicted molar refractivity (Wildman–Crippen MR) is 107 cm³/mol. The third-order valence-corrected chi connectivity index (χ3v) is 5.66. The zero-order chi connectivity index (χ0) is 19.8. The monoisotopic (exact) mass is 388 g/mol. The molecule has 7 nitrogen and oxygen atoms in total. The number of hydrogen-bond donors (Lipinski definition) is 1. The Kier molecular flexibility index (Phi) is 7.65. The van der Waals surface area contributed by atoms with Gasteiger partial charge in [-0.3, -0.25) is 14.7 Å². The lowest BCUT2D eigenvalue weighted by atomic mass is 9.93. The molecule has 1 aromatic heterocycles. The number of piperidine rings is 2. The molecular formula is C21H32N4O3. The molecule has 0 radical (unpaired) electrons. The number of nitrogens with zero attached hydrogens (tertiary/aromatic N) is 3. The smallest absolute Gasteiger partial charge is 0.409 e. The highest BCUT2D eigenvalue weighted by Crippen LogP contribution is 2.24. The summed E-state index contributed by atoms with van der Waals surface area (Å²) >= 11 is 0. The van der Waals surface area contributed by atoms with E-state index in [1.54, 1.807) is 6.20 Å². The van der Waals surface area contributed by atoms with Crippen molar-refractivity contribution in [1.82, 2.24) is 20.1 Å². The third kappa shape index (κ3) is 5.67. The van der Waals surface area contributed by atoms with Crippen LogP contribution in [0.5, 0.6) is 0 Å². The van der Waals surface area contributed by atoms with E-state index >= 15 is 0 Å². The van der Waals surface area contributed by atoms with E-state index in [-0.39, 0.29) is 17.9 Å². The third-order valence-electron chi connectivity index (χ3n) is 5.66. The molecule has 154 valence electrons. The van der Waals surface area contributed by atoms with Crippen molar-refractivity contribution in [3.63, 3.8) is 0 Å². The minimum Gasteiger partial charge on any atom is -0.449 e. The van der Waals surface area contributed by atoms with Gasteiger partial charge in [-0.1, -0.05) is 13.0 Å². The molecule has 28 heavy (non-hydrogen) atoms. The van der Waals surface area contributed by atoms with E-state index in [1.807, 2.05) is 30.0 Å². The maximum Gasteiger partial charge on any atom is 0.409 e. The standard InChI is InChI=1S/C21H32N4O3/c1-2-14-28-21(27)24-12-8-19(9-13-24)25-11-5-6-17(16-25)20(26)23-15-18-7-3-4-10-22-18/h3-4,7,10,17,19H,2,5-6,8-9,11-16H2,1H3,(H,23,26). The molecule has 3 heterocycles. The van der Waals surface area contributed by atoms with Crippen molar-refractivity contribution in [1.29, 1.82) is 0 Å². The summed E-state index contributed by atoms with van der Waals surface area (Å²) in [5.74, 6) is 0.154. The molecule has 0 aliphatic carbocycles. The van der Waals surface area contributed by atoms with Gasteiger partial charge in [-0.2, -0.15) is 0 Å². The van der Waals surface area contributed by atoms with Crippen LogP contribution in [-0.4, -0.2) is 65.6 Å². The van der Waals surface area contributed by atoms with Gasteiger partial charge in [0, 0.05) is 31.9 Å². The number of carbonyl (C=O) groups excluding carboxylic acids is 2. The topological polar surface area (TPSA) is 74.8 Å². The van der Waals surface area contributed by atoms with Crippen LogP contribution < -0.4 is 5.32 Å². The van der Waals surface area contributed by atoms with Crippen molar-refractivity contribution in [3.05, 3.63) is 30.1 Å². The lowest BCUT2D eigenvalue weighted by Crippen LogP contribution is -2.51. The van der Waals surface area contributed by atoms with Crippen LogP contribution in [0.3, 0.4) is 0 Å². The van der Waals surface area contributed by atoms with Crippen LogP contribution in [-0.2, 0) is 16.1 Å². The molecule has 2 aliphatic heterocycles. The second-order valence-electron chi connectivity index (χ2n) is 7.71. The van der Waals surface area contributed by atoms with Gasteiger partial charge < -0.3 is 15.0 Å². The van der Waals surface area contributed by atoms with Gasteiger partial charge in [0.2, 0.25) is 5.91 Å². The number of rotatable bonds is 6. The maximum absolute atomic E-state index is 12.6. The lowest BCUT2D eigenvalue weighted by molar-refractivity contribution is -0.127. The fourth-order valence-electron chi connectivity index (χ4n) is 4.07. The summed E-state index contributed by atoms with van der Waals surface area (Å²) < 4.78 is 5.24. The van der Waals surface area contributed by atoms with Crippen LogP contribution in [0, 0.1) is 5.92 Å². The summed E-state index contributed by atoms with van der Waals surface area (Å²) in [6.07, 6.45) is 6.28. The van der Waals surface area contributed by atoms with Crippen molar-refractivity contribution in [2.24, 2.45) is 5.92 Å². The normalized spacial score (nSPS) is 21.3. The van der Waals surface area contributed by atoms with E-state index in [0.29, 0.717) is 19.2 Å². The molecule has 2 aliphatic rings. The van der Waals surface area contributed by atoms with Gasteiger partial charge in [0.15, 0.2) is 0 Å². The zero-order valence-electron chi connectivity index (χ0n) is 16.8. The van der Waals surface area contributed by atoms with Crippen LogP contribution in [0.1, 0.15) is 44.7 Å². The molecule has 3 rings (SSSR count). The molecule has 1 unspecified atom stereocenters. The Labute approximate surface area is 167 Å². The van der Waals surface area contributed by atoms with Crippen molar-refractivity contribution >= 4 is 12.0 Å². The number of pyridine rings is 1. The summed E-state index contributed by atoms with van der Waals surface area (Å²) in [5, 5.41) is 3.04. The Balaban J connectivity index is 1.43. The number of aromatic nitrogens is 1. The highest BCUT2D eigenvalue weighted by atomic mass is 16.6. The molecule has 0 aromatic carbocycles. The van der Waals surface area contributed by atoms with Gasteiger partial charge in [0.25, 0.3) is 0 Å². The fraction of sp³-hybridized carbons (Fsp3) is 0.667. The number of hydrogen-bond acceptors (Lipinski definition) is 5. The van der Waals surface area contributed by atoms with Crippen molar-refractivity contribution in [2.45, 2.75) is 51.6 Å². The largest absolute Gasteiger partial charge is 0.449 e. The van der Waals surface area contributed by atoms with Crippen molar-refractivity contribution in [3.8, 4) is 0 Å². The molecule has 1 atom stereocenters. The number of ether oxygens (including phenoxy) is 1. The van der Waals surface area contributed by atoms with Gasteiger partial charge in [-0.25, -0.2) is 4.79 Å². The number of carbonyl (C=O) groups is 2. The SMILES string of the molecule is CCCOC(=O)N1CCC(N2CCCC(C(=O)NCc3ccccn3)C2)CC1. The van der Waals surface area contributed by atoms with E-state index in [1.165, 1.54) is 0 Å². The van der Waals surface area contributed by atoms with Gasteiger partial charge in [-0.05, 0) is 50.8 Å². The van der Waals surface area contributed by atoms with E-state index in [9.17, 15) is 9.59 Å². The number of likely N-dealkylation sites (tertiary alicyclic amines) is 2. The Bertz CT molecular complexity index is 632. The Morgan fingerprint density at radius 3 is 2.75 bits per heavy atom. The highest BCUT2D eigenvalue weighted by Gasteiger charge is 2.32. The summed E-state index contributed by atoms with van der Waals surface area (Å²) in [6.45, 7) is 6.28. The first kappa shape index (κ1) is 20.6. The Morgan fingerprint density at radius 2 is 2.04 bits per heavy atom. The van der Waals surface area contributed by atoms with Gasteiger partial charge in [0.1, 0.15) is 0 Å². The van der Waals surface area contributed by atoms with Gasteiger partial charge in [-0.15, -0.1) is 0 Å². The van der Waals surface area contributed by atoms with Crippen LogP contribution in [0.4, 0.5) is 4.79 Å². The van der Waals surface area contributed by atoms with Crippen LogP contribution >= 0.6 is 0 Å². The van der Waals surface area contributed by atoms with Gasteiger partial charge >= 0.3 is 6.09 Å². The van der Waals surface area contributed by atoms with Gasteiger partial charge in [0.05, 0.1) is 24.8 Å².